The summed E-state index contributed by atoms with van der Waals surface area (Å²) in [6.45, 7) is 6.35. The molecule has 0 bridgehead atoms. The Labute approximate surface area is 177 Å². The highest BCUT2D eigenvalue weighted by molar-refractivity contribution is 5.91. The predicted molar refractivity (Wildman–Crippen MR) is 123 cm³/mol. The van der Waals surface area contributed by atoms with Crippen LogP contribution in [0, 0.1) is 0 Å². The van der Waals surface area contributed by atoms with Crippen LogP contribution in [0.15, 0.2) is 92.0 Å². The van der Waals surface area contributed by atoms with E-state index in [0.29, 0.717) is 0 Å². The van der Waals surface area contributed by atoms with Crippen molar-refractivity contribution in [1.29, 1.82) is 0 Å². The molecule has 0 saturated heterocycles. The zero-order chi connectivity index (χ0) is 20.6. The van der Waals surface area contributed by atoms with Gasteiger partial charge in [0.2, 0.25) is 0 Å². The quantitative estimate of drug-likeness (QED) is 0.424. The molecule has 0 amide bonds. The second-order valence-corrected chi connectivity index (χ2v) is 7.01. The van der Waals surface area contributed by atoms with Crippen LogP contribution in [0.3, 0.4) is 0 Å². The standard InChI is InChI=1S/C25H25N5/c1-2-26-16-18-30(25-12-15-28-22-8-4-3-7-21(22)25)17-13-20-10-11-24(29-19-20)23-9-5-6-14-27-23/h2-12,14-15,19,26H,1,13,16-18H2. The van der Waals surface area contributed by atoms with Gasteiger partial charge < -0.3 is 10.2 Å². The van der Waals surface area contributed by atoms with Crippen LogP contribution in [-0.2, 0) is 6.42 Å². The fourth-order valence-corrected chi connectivity index (χ4v) is 3.51. The van der Waals surface area contributed by atoms with Gasteiger partial charge in [0.25, 0.3) is 0 Å². The summed E-state index contributed by atoms with van der Waals surface area (Å²) in [6, 6.07) is 20.4. The van der Waals surface area contributed by atoms with Gasteiger partial charge in [0.05, 0.1) is 16.9 Å². The number of nitrogens with zero attached hydrogens (tertiary/aromatic N) is 4. The van der Waals surface area contributed by atoms with Crippen molar-refractivity contribution >= 4 is 16.6 Å². The molecule has 30 heavy (non-hydrogen) atoms. The maximum absolute atomic E-state index is 4.61. The second kappa shape index (κ2) is 9.65. The van der Waals surface area contributed by atoms with Gasteiger partial charge in [-0.1, -0.05) is 36.9 Å². The van der Waals surface area contributed by atoms with E-state index in [-0.39, 0.29) is 0 Å². The van der Waals surface area contributed by atoms with E-state index >= 15 is 0 Å². The molecule has 5 heteroatoms. The van der Waals surface area contributed by atoms with Gasteiger partial charge in [-0.2, -0.15) is 0 Å². The van der Waals surface area contributed by atoms with Gasteiger partial charge in [0, 0.05) is 49.3 Å². The number of para-hydroxylation sites is 1. The highest BCUT2D eigenvalue weighted by Crippen LogP contribution is 2.25. The Morgan fingerprint density at radius 3 is 2.50 bits per heavy atom. The van der Waals surface area contributed by atoms with Crippen molar-refractivity contribution in [3.05, 3.63) is 97.6 Å². The number of benzene rings is 1. The first-order valence-corrected chi connectivity index (χ1v) is 10.1. The molecular weight excluding hydrogens is 370 g/mol. The molecule has 0 saturated carbocycles. The number of hydrogen-bond donors (Lipinski definition) is 1. The molecule has 0 aliphatic carbocycles. The lowest BCUT2D eigenvalue weighted by atomic mass is 10.1. The molecule has 0 fully saturated rings. The van der Waals surface area contributed by atoms with Crippen molar-refractivity contribution in [1.82, 2.24) is 20.3 Å². The lowest BCUT2D eigenvalue weighted by Gasteiger charge is -2.26. The fraction of sp³-hybridized carbons (Fsp3) is 0.160. The number of aromatic nitrogens is 3. The summed E-state index contributed by atoms with van der Waals surface area (Å²) in [5.41, 5.74) is 5.20. The maximum atomic E-state index is 4.61. The minimum absolute atomic E-state index is 0.830. The summed E-state index contributed by atoms with van der Waals surface area (Å²) in [6.07, 6.45) is 8.27. The minimum Gasteiger partial charge on any atom is -0.390 e. The first-order chi connectivity index (χ1) is 14.8. The van der Waals surface area contributed by atoms with Crippen LogP contribution >= 0.6 is 0 Å². The summed E-state index contributed by atoms with van der Waals surface area (Å²) in [4.78, 5) is 15.9. The van der Waals surface area contributed by atoms with Gasteiger partial charge >= 0.3 is 0 Å². The molecule has 0 spiro atoms. The number of pyridine rings is 3. The molecule has 5 nitrogen and oxygen atoms in total. The largest absolute Gasteiger partial charge is 0.390 e. The molecule has 0 aliphatic rings. The van der Waals surface area contributed by atoms with Gasteiger partial charge in [-0.05, 0) is 48.5 Å². The molecular formula is C25H25N5. The SMILES string of the molecule is C=CNCCN(CCc1ccc(-c2ccccn2)nc1)c1ccnc2ccccc12. The van der Waals surface area contributed by atoms with Crippen molar-refractivity contribution in [2.75, 3.05) is 24.5 Å². The van der Waals surface area contributed by atoms with Gasteiger partial charge in [-0.25, -0.2) is 0 Å². The van der Waals surface area contributed by atoms with Gasteiger partial charge in [0.15, 0.2) is 0 Å². The van der Waals surface area contributed by atoms with Crippen LogP contribution in [-0.4, -0.2) is 34.6 Å². The van der Waals surface area contributed by atoms with Crippen molar-refractivity contribution in [2.24, 2.45) is 0 Å². The number of nitrogens with one attached hydrogen (secondary N) is 1. The Kier molecular flexibility index (Phi) is 6.30. The topological polar surface area (TPSA) is 53.9 Å². The summed E-state index contributed by atoms with van der Waals surface area (Å²) >= 11 is 0. The molecule has 150 valence electrons. The number of anilines is 1. The van der Waals surface area contributed by atoms with E-state index in [1.807, 2.05) is 42.7 Å². The first kappa shape index (κ1) is 19.6. The molecule has 0 atom stereocenters. The van der Waals surface area contributed by atoms with Crippen molar-refractivity contribution in [3.63, 3.8) is 0 Å². The van der Waals surface area contributed by atoms with Crippen LogP contribution in [0.25, 0.3) is 22.3 Å². The summed E-state index contributed by atoms with van der Waals surface area (Å²) in [5, 5.41) is 4.38. The zero-order valence-electron chi connectivity index (χ0n) is 16.9. The van der Waals surface area contributed by atoms with Crippen molar-refractivity contribution in [3.8, 4) is 11.4 Å². The Balaban J connectivity index is 1.51. The zero-order valence-corrected chi connectivity index (χ0v) is 16.9. The monoisotopic (exact) mass is 395 g/mol. The summed E-state index contributed by atoms with van der Waals surface area (Å²) < 4.78 is 0. The van der Waals surface area contributed by atoms with E-state index in [0.717, 1.165) is 43.0 Å². The normalized spacial score (nSPS) is 10.7. The Morgan fingerprint density at radius 1 is 0.833 bits per heavy atom. The van der Waals surface area contributed by atoms with Crippen molar-refractivity contribution < 1.29 is 0 Å². The fourth-order valence-electron chi connectivity index (χ4n) is 3.51. The smallest absolute Gasteiger partial charge is 0.0886 e. The lowest BCUT2D eigenvalue weighted by Crippen LogP contribution is -2.32. The highest BCUT2D eigenvalue weighted by atomic mass is 15.1. The van der Waals surface area contributed by atoms with E-state index in [2.05, 4.69) is 62.1 Å². The molecule has 4 rings (SSSR count). The van der Waals surface area contributed by atoms with Gasteiger partial charge in [0.1, 0.15) is 0 Å². The van der Waals surface area contributed by atoms with E-state index in [4.69, 9.17) is 0 Å². The lowest BCUT2D eigenvalue weighted by molar-refractivity contribution is 0.736. The van der Waals surface area contributed by atoms with Crippen LogP contribution in [0.1, 0.15) is 5.56 Å². The first-order valence-electron chi connectivity index (χ1n) is 10.1. The van der Waals surface area contributed by atoms with Gasteiger partial charge in [-0.15, -0.1) is 0 Å². The summed E-state index contributed by atoms with van der Waals surface area (Å²) in [7, 11) is 0. The maximum Gasteiger partial charge on any atom is 0.0886 e. The Bertz CT molecular complexity index is 1090. The number of fused-ring (bicyclic) bond motifs is 1. The summed E-state index contributed by atoms with van der Waals surface area (Å²) in [5.74, 6) is 0. The highest BCUT2D eigenvalue weighted by Gasteiger charge is 2.11. The van der Waals surface area contributed by atoms with Crippen LogP contribution in [0.2, 0.25) is 0 Å². The van der Waals surface area contributed by atoms with Crippen LogP contribution in [0.4, 0.5) is 5.69 Å². The third-order valence-electron chi connectivity index (χ3n) is 5.06. The van der Waals surface area contributed by atoms with E-state index in [1.165, 1.54) is 16.6 Å². The molecule has 0 radical (unpaired) electrons. The molecule has 0 unspecified atom stereocenters. The van der Waals surface area contributed by atoms with Crippen molar-refractivity contribution in [2.45, 2.75) is 6.42 Å². The molecule has 3 aromatic heterocycles. The third-order valence-corrected chi connectivity index (χ3v) is 5.06. The average molecular weight is 396 g/mol. The molecule has 3 heterocycles. The van der Waals surface area contributed by atoms with E-state index < -0.39 is 0 Å². The van der Waals surface area contributed by atoms with Gasteiger partial charge in [-0.3, -0.25) is 15.0 Å². The average Bonchev–Trinajstić information content (AvgIpc) is 2.82. The molecule has 1 N–H and O–H groups in total. The Hall–Kier alpha value is -3.73. The molecule has 4 aromatic rings. The predicted octanol–water partition coefficient (Wildman–Crippen LogP) is 4.47. The number of hydrogen-bond acceptors (Lipinski definition) is 5. The number of rotatable bonds is 9. The minimum atomic E-state index is 0.830. The Morgan fingerprint density at radius 2 is 1.70 bits per heavy atom. The molecule has 1 aromatic carbocycles. The van der Waals surface area contributed by atoms with E-state index in [9.17, 15) is 0 Å². The van der Waals surface area contributed by atoms with Crippen LogP contribution < -0.4 is 10.2 Å². The second-order valence-electron chi connectivity index (χ2n) is 7.01. The third kappa shape index (κ3) is 4.63. The molecule has 0 aliphatic heterocycles. The van der Waals surface area contributed by atoms with Crippen LogP contribution in [0.5, 0.6) is 0 Å². The van der Waals surface area contributed by atoms with E-state index in [1.54, 1.807) is 12.4 Å².